The van der Waals surface area contributed by atoms with Gasteiger partial charge in [-0.3, -0.25) is 4.79 Å². The lowest BCUT2D eigenvalue weighted by molar-refractivity contribution is -0.697. The predicted molar refractivity (Wildman–Crippen MR) is 238 cm³/mol. The highest BCUT2D eigenvalue weighted by atomic mass is 16.2. The first-order chi connectivity index (χ1) is 27.2. The Morgan fingerprint density at radius 1 is 0.382 bits per heavy atom. The van der Waals surface area contributed by atoms with Gasteiger partial charge in [0.05, 0.1) is 0 Å². The molecule has 0 N–H and O–H groups in total. The maximum Gasteiger partial charge on any atom is 0.222 e. The van der Waals surface area contributed by atoms with E-state index in [0.29, 0.717) is 12.3 Å². The van der Waals surface area contributed by atoms with Crippen molar-refractivity contribution >= 4 is 5.91 Å². The van der Waals surface area contributed by atoms with Crippen molar-refractivity contribution in [1.29, 1.82) is 0 Å². The first-order valence-electron chi connectivity index (χ1n) is 24.4. The van der Waals surface area contributed by atoms with Crippen LogP contribution in [0.2, 0.25) is 0 Å². The van der Waals surface area contributed by atoms with Crippen LogP contribution in [0.15, 0.2) is 49.1 Å². The van der Waals surface area contributed by atoms with Gasteiger partial charge in [0.2, 0.25) is 5.91 Å². The lowest BCUT2D eigenvalue weighted by Gasteiger charge is -2.23. The molecule has 2 aromatic heterocycles. The Kier molecular flexibility index (Phi) is 32.1. The summed E-state index contributed by atoms with van der Waals surface area (Å²) in [5, 5.41) is 0. The Morgan fingerprint density at radius 2 is 0.691 bits per heavy atom. The van der Waals surface area contributed by atoms with Crippen LogP contribution in [0.4, 0.5) is 0 Å². The smallest absolute Gasteiger partial charge is 0.222 e. The summed E-state index contributed by atoms with van der Waals surface area (Å²) >= 11 is 0. The molecule has 314 valence electrons. The maximum atomic E-state index is 13.5. The van der Waals surface area contributed by atoms with Gasteiger partial charge in [-0.25, -0.2) is 9.13 Å². The zero-order chi connectivity index (χ0) is 39.3. The van der Waals surface area contributed by atoms with Crippen LogP contribution in [0.3, 0.4) is 0 Å². The van der Waals surface area contributed by atoms with Crippen molar-refractivity contribution in [3.63, 3.8) is 0 Å². The van der Waals surface area contributed by atoms with E-state index >= 15 is 0 Å². The van der Waals surface area contributed by atoms with Gasteiger partial charge in [-0.1, -0.05) is 188 Å². The van der Waals surface area contributed by atoms with Crippen molar-refractivity contribution in [1.82, 2.24) is 4.90 Å². The molecule has 55 heavy (non-hydrogen) atoms. The monoisotopic (exact) mass is 762 g/mol. The largest absolute Gasteiger partial charge is 0.343 e. The van der Waals surface area contributed by atoms with Crippen molar-refractivity contribution in [2.45, 2.75) is 246 Å². The number of pyridine rings is 2. The van der Waals surface area contributed by atoms with Gasteiger partial charge in [0.25, 0.3) is 0 Å². The normalized spacial score (nSPS) is 11.4. The molecule has 2 heterocycles. The Morgan fingerprint density at radius 3 is 1.04 bits per heavy atom. The third kappa shape index (κ3) is 27.1. The molecule has 4 heteroatoms. The number of nitrogens with zero attached hydrogens (tertiary/aromatic N) is 3. The number of amides is 1. The number of hydrogen-bond acceptors (Lipinski definition) is 1. The molecule has 0 aliphatic rings. The highest BCUT2D eigenvalue weighted by molar-refractivity contribution is 5.76. The average molecular weight is 762 g/mol. The molecule has 4 nitrogen and oxygen atoms in total. The van der Waals surface area contributed by atoms with E-state index in [9.17, 15) is 4.79 Å². The van der Waals surface area contributed by atoms with Crippen molar-refractivity contribution in [3.05, 3.63) is 49.1 Å². The molecule has 0 aliphatic carbocycles. The van der Waals surface area contributed by atoms with Crippen molar-refractivity contribution < 1.29 is 13.9 Å². The topological polar surface area (TPSA) is 28.1 Å². The molecule has 2 aromatic rings. The number of aromatic nitrogens is 2. The second-order valence-corrected chi connectivity index (χ2v) is 17.0. The average Bonchev–Trinajstić information content (AvgIpc) is 3.20. The number of carbonyl (C=O) groups is 1. The summed E-state index contributed by atoms with van der Waals surface area (Å²) in [7, 11) is 0. The van der Waals surface area contributed by atoms with Gasteiger partial charge in [-0.05, 0) is 36.8 Å². The Balaban J connectivity index is 1.62. The van der Waals surface area contributed by atoms with E-state index < -0.39 is 0 Å². The van der Waals surface area contributed by atoms with Gasteiger partial charge in [0.1, 0.15) is 13.1 Å². The Labute approximate surface area is 342 Å². The second-order valence-electron chi connectivity index (χ2n) is 17.0. The Bertz CT molecular complexity index is 1080. The van der Waals surface area contributed by atoms with E-state index in [1.165, 1.54) is 191 Å². The molecule has 2 rings (SSSR count). The van der Waals surface area contributed by atoms with Crippen LogP contribution in [0.5, 0.6) is 0 Å². The molecule has 0 bridgehead atoms. The van der Waals surface area contributed by atoms with E-state index in [-0.39, 0.29) is 0 Å². The third-order valence-electron chi connectivity index (χ3n) is 11.8. The molecule has 0 atom stereocenters. The van der Waals surface area contributed by atoms with Gasteiger partial charge >= 0.3 is 0 Å². The van der Waals surface area contributed by atoms with Gasteiger partial charge in [0, 0.05) is 56.6 Å². The lowest BCUT2D eigenvalue weighted by atomic mass is 10.0. The summed E-state index contributed by atoms with van der Waals surface area (Å²) in [6.07, 6.45) is 52.6. The number of aryl methyl sites for hydroxylation is 2. The zero-order valence-electron chi connectivity index (χ0n) is 37.0. The van der Waals surface area contributed by atoms with Gasteiger partial charge < -0.3 is 4.90 Å². The number of rotatable bonds is 39. The highest BCUT2D eigenvalue weighted by Gasteiger charge is 2.13. The summed E-state index contributed by atoms with van der Waals surface area (Å²) < 4.78 is 4.54. The molecule has 0 aliphatic heterocycles. The quantitative estimate of drug-likeness (QED) is 0.0492. The molecule has 1 amide bonds. The van der Waals surface area contributed by atoms with E-state index in [4.69, 9.17) is 0 Å². The molecule has 0 unspecified atom stereocenters. The standard InChI is InChI=1S/C51H91N3O/c1-4-7-9-11-13-15-17-19-21-23-25-27-29-34-43-54(44-35-30-28-26-24-22-20-18-16-14-12-10-8-5-2)51(55)36-32-31-33-42-53-47-39-50(40-48-53)49-37-45-52(41-6-3)46-38-49/h37-40,45-48H,4-36,41-44H2,1-3H3/q+2. The van der Waals surface area contributed by atoms with Crippen LogP contribution in [-0.4, -0.2) is 23.9 Å². The number of hydrogen-bond donors (Lipinski definition) is 0. The van der Waals surface area contributed by atoms with E-state index in [0.717, 1.165) is 51.9 Å². The van der Waals surface area contributed by atoms with Crippen LogP contribution in [-0.2, 0) is 17.9 Å². The molecule has 0 saturated carbocycles. The first kappa shape index (κ1) is 48.9. The molecule has 0 fully saturated rings. The van der Waals surface area contributed by atoms with Crippen molar-refractivity contribution in [2.75, 3.05) is 13.1 Å². The van der Waals surface area contributed by atoms with E-state index in [1.807, 2.05) is 0 Å². The van der Waals surface area contributed by atoms with E-state index in [2.05, 4.69) is 83.9 Å². The summed E-state index contributed by atoms with van der Waals surface area (Å²) in [4.78, 5) is 15.7. The van der Waals surface area contributed by atoms with Gasteiger partial charge in [0.15, 0.2) is 24.8 Å². The molecule has 0 spiro atoms. The summed E-state index contributed by atoms with van der Waals surface area (Å²) in [5.41, 5.74) is 2.54. The Hall–Kier alpha value is -2.23. The molecule has 0 saturated heterocycles. The lowest BCUT2D eigenvalue weighted by Crippen LogP contribution is -2.33. The van der Waals surface area contributed by atoms with Crippen LogP contribution in [0.1, 0.15) is 233 Å². The minimum absolute atomic E-state index is 0.407. The number of carbonyl (C=O) groups excluding carboxylic acids is 1. The number of unbranched alkanes of at least 4 members (excludes halogenated alkanes) is 28. The third-order valence-corrected chi connectivity index (χ3v) is 11.8. The SMILES string of the molecule is CCCCCCCCCCCCCCCCN(CCCCCCCCCCCCCCCC)C(=O)CCCCC[n+]1ccc(-c2cc[n+](CCC)cc2)cc1. The highest BCUT2D eigenvalue weighted by Crippen LogP contribution is 2.17. The van der Waals surface area contributed by atoms with E-state index in [1.54, 1.807) is 0 Å². The second kappa shape index (κ2) is 36.1. The minimum Gasteiger partial charge on any atom is -0.343 e. The summed E-state index contributed by atoms with van der Waals surface area (Å²) in [6, 6.07) is 8.90. The van der Waals surface area contributed by atoms with Crippen LogP contribution in [0.25, 0.3) is 11.1 Å². The fourth-order valence-electron chi connectivity index (χ4n) is 8.12. The van der Waals surface area contributed by atoms with Crippen LogP contribution in [0, 0.1) is 0 Å². The van der Waals surface area contributed by atoms with Gasteiger partial charge in [-0.15, -0.1) is 0 Å². The van der Waals surface area contributed by atoms with Crippen molar-refractivity contribution in [2.24, 2.45) is 0 Å². The van der Waals surface area contributed by atoms with Crippen molar-refractivity contribution in [3.8, 4) is 11.1 Å². The minimum atomic E-state index is 0.407. The molecular formula is C51H91N3O+2. The molecule has 0 radical (unpaired) electrons. The van der Waals surface area contributed by atoms with Crippen LogP contribution < -0.4 is 9.13 Å². The molecular weight excluding hydrogens is 671 g/mol. The summed E-state index contributed by atoms with van der Waals surface area (Å²) in [6.45, 7) is 10.8. The zero-order valence-corrected chi connectivity index (χ0v) is 37.0. The molecule has 0 aromatic carbocycles. The first-order valence-corrected chi connectivity index (χ1v) is 24.4. The predicted octanol–water partition coefficient (Wildman–Crippen LogP) is 14.7. The van der Waals surface area contributed by atoms with Crippen LogP contribution >= 0.6 is 0 Å². The van der Waals surface area contributed by atoms with Gasteiger partial charge in [-0.2, -0.15) is 0 Å². The maximum absolute atomic E-state index is 13.5. The fraction of sp³-hybridized carbons (Fsp3) is 0.784. The fourth-order valence-corrected chi connectivity index (χ4v) is 8.12. The summed E-state index contributed by atoms with van der Waals surface area (Å²) in [5.74, 6) is 0.407.